The molecule has 1 saturated heterocycles. The standard InChI is InChI=1S/C25H31N5O3/c1-24(2,3)29-14-16-11-25(6-8-27-9-7-25)12-20(31)21(16)30(29)23(33)15-4-5-19-17(10-15)18(13-28-19)22(26)32/h4-5,10,13,27-28H,6-9,11-12,14H2,1-3H3,(H2,26,32). The maximum atomic E-state index is 13.9. The summed E-state index contributed by atoms with van der Waals surface area (Å²) in [5, 5.41) is 7.61. The van der Waals surface area contributed by atoms with Gasteiger partial charge in [0.1, 0.15) is 5.70 Å². The lowest BCUT2D eigenvalue weighted by molar-refractivity contribution is -0.122. The van der Waals surface area contributed by atoms with Gasteiger partial charge in [-0.05, 0) is 82.3 Å². The first-order valence-corrected chi connectivity index (χ1v) is 11.6. The molecular weight excluding hydrogens is 418 g/mol. The second kappa shape index (κ2) is 7.53. The molecule has 33 heavy (non-hydrogen) atoms. The summed E-state index contributed by atoms with van der Waals surface area (Å²) in [4.78, 5) is 42.2. The van der Waals surface area contributed by atoms with Crippen LogP contribution in [0.5, 0.6) is 0 Å². The second-order valence-electron chi connectivity index (χ2n) is 10.7. The molecule has 1 aromatic heterocycles. The lowest BCUT2D eigenvalue weighted by Gasteiger charge is -2.41. The zero-order valence-electron chi connectivity index (χ0n) is 19.5. The lowest BCUT2D eigenvalue weighted by atomic mass is 9.67. The van der Waals surface area contributed by atoms with Crippen LogP contribution in [0.3, 0.4) is 0 Å². The number of piperidine rings is 1. The minimum atomic E-state index is -0.553. The number of primary amides is 1. The maximum absolute atomic E-state index is 13.9. The van der Waals surface area contributed by atoms with E-state index in [-0.39, 0.29) is 22.6 Å². The Morgan fingerprint density at radius 2 is 1.85 bits per heavy atom. The van der Waals surface area contributed by atoms with Crippen LogP contribution >= 0.6 is 0 Å². The van der Waals surface area contributed by atoms with Gasteiger partial charge in [0.25, 0.3) is 11.8 Å². The van der Waals surface area contributed by atoms with Gasteiger partial charge in [-0.15, -0.1) is 0 Å². The number of amides is 2. The van der Waals surface area contributed by atoms with Gasteiger partial charge in [-0.3, -0.25) is 14.4 Å². The summed E-state index contributed by atoms with van der Waals surface area (Å²) in [7, 11) is 0. The van der Waals surface area contributed by atoms with Gasteiger partial charge in [0.05, 0.1) is 5.56 Å². The molecule has 3 aliphatic rings. The van der Waals surface area contributed by atoms with E-state index in [1.807, 2.05) is 5.01 Å². The molecule has 0 saturated carbocycles. The van der Waals surface area contributed by atoms with Crippen LogP contribution in [0.4, 0.5) is 0 Å². The van der Waals surface area contributed by atoms with Crippen molar-refractivity contribution in [2.24, 2.45) is 11.1 Å². The first-order chi connectivity index (χ1) is 15.6. The van der Waals surface area contributed by atoms with E-state index in [1.54, 1.807) is 29.4 Å². The molecule has 8 heteroatoms. The summed E-state index contributed by atoms with van der Waals surface area (Å²) >= 11 is 0. The molecule has 3 heterocycles. The Balaban J connectivity index is 1.56. The number of aromatic nitrogens is 1. The summed E-state index contributed by atoms with van der Waals surface area (Å²) < 4.78 is 0. The molecule has 1 fully saturated rings. The summed E-state index contributed by atoms with van der Waals surface area (Å²) in [5.41, 5.74) is 8.26. The van der Waals surface area contributed by atoms with Crippen molar-refractivity contribution in [3.05, 3.63) is 46.8 Å². The van der Waals surface area contributed by atoms with E-state index < -0.39 is 5.91 Å². The highest BCUT2D eigenvalue weighted by molar-refractivity contribution is 6.10. The SMILES string of the molecule is CC(C)(C)N1CC2=C(C(=O)CC3(CCNCC3)C2)N1C(=O)c1ccc2[nH]cc(C(N)=O)c2c1. The Bertz CT molecular complexity index is 1200. The number of H-pyrrole nitrogens is 1. The summed E-state index contributed by atoms with van der Waals surface area (Å²) in [6, 6.07) is 5.19. The molecular formula is C25H31N5O3. The summed E-state index contributed by atoms with van der Waals surface area (Å²) in [6.45, 7) is 8.59. The molecule has 2 aromatic rings. The van der Waals surface area contributed by atoms with Crippen LogP contribution in [0.1, 0.15) is 67.2 Å². The maximum Gasteiger partial charge on any atom is 0.273 e. The van der Waals surface area contributed by atoms with Gasteiger partial charge in [0.15, 0.2) is 5.78 Å². The van der Waals surface area contributed by atoms with Gasteiger partial charge in [0.2, 0.25) is 0 Å². The van der Waals surface area contributed by atoms with E-state index in [9.17, 15) is 14.4 Å². The van der Waals surface area contributed by atoms with Crippen LogP contribution in [0.2, 0.25) is 0 Å². The Morgan fingerprint density at radius 1 is 1.12 bits per heavy atom. The molecule has 1 aromatic carbocycles. The minimum Gasteiger partial charge on any atom is -0.366 e. The highest BCUT2D eigenvalue weighted by Gasteiger charge is 2.49. The number of nitrogens with two attached hydrogens (primary N) is 1. The van der Waals surface area contributed by atoms with Gasteiger partial charge < -0.3 is 16.0 Å². The van der Waals surface area contributed by atoms with E-state index in [1.165, 1.54) is 0 Å². The van der Waals surface area contributed by atoms with Crippen molar-refractivity contribution in [3.63, 3.8) is 0 Å². The number of carbonyl (C=O) groups is 3. The molecule has 4 N–H and O–H groups in total. The number of allylic oxidation sites excluding steroid dienone is 1. The Hall–Kier alpha value is -2.97. The number of aromatic amines is 1. The Morgan fingerprint density at radius 3 is 2.52 bits per heavy atom. The lowest BCUT2D eigenvalue weighted by Crippen LogP contribution is -2.52. The number of fused-ring (bicyclic) bond motifs is 1. The van der Waals surface area contributed by atoms with E-state index >= 15 is 0 Å². The van der Waals surface area contributed by atoms with Gasteiger partial charge >= 0.3 is 0 Å². The van der Waals surface area contributed by atoms with Crippen molar-refractivity contribution in [1.29, 1.82) is 0 Å². The molecule has 0 unspecified atom stereocenters. The van der Waals surface area contributed by atoms with E-state index in [0.29, 0.717) is 35.2 Å². The fourth-order valence-corrected chi connectivity index (χ4v) is 5.63. The normalized spacial score (nSPS) is 21.2. The number of hydrazine groups is 1. The molecule has 174 valence electrons. The van der Waals surface area contributed by atoms with Crippen molar-refractivity contribution in [2.75, 3.05) is 19.6 Å². The molecule has 0 bridgehead atoms. The smallest absolute Gasteiger partial charge is 0.273 e. The van der Waals surface area contributed by atoms with Crippen molar-refractivity contribution < 1.29 is 14.4 Å². The number of hydrogen-bond acceptors (Lipinski definition) is 5. The zero-order chi connectivity index (χ0) is 23.5. The number of benzene rings is 1. The largest absolute Gasteiger partial charge is 0.366 e. The predicted octanol–water partition coefficient (Wildman–Crippen LogP) is 2.72. The number of nitrogens with zero attached hydrogens (tertiary/aromatic N) is 2. The molecule has 2 amide bonds. The topological polar surface area (TPSA) is 112 Å². The Labute approximate surface area is 193 Å². The number of nitrogens with one attached hydrogen (secondary N) is 2. The third-order valence-corrected chi connectivity index (χ3v) is 7.34. The number of rotatable bonds is 2. The fraction of sp³-hybridized carbons (Fsp3) is 0.480. The fourth-order valence-electron chi connectivity index (χ4n) is 5.63. The molecule has 8 nitrogen and oxygen atoms in total. The van der Waals surface area contributed by atoms with E-state index in [2.05, 4.69) is 31.1 Å². The minimum absolute atomic E-state index is 0.00417. The van der Waals surface area contributed by atoms with Crippen LogP contribution < -0.4 is 11.1 Å². The first kappa shape index (κ1) is 21.9. The van der Waals surface area contributed by atoms with Crippen molar-refractivity contribution >= 4 is 28.5 Å². The van der Waals surface area contributed by atoms with Crippen molar-refractivity contribution in [3.8, 4) is 0 Å². The Kier molecular flexibility index (Phi) is 4.99. The number of hydrogen-bond donors (Lipinski definition) is 3. The van der Waals surface area contributed by atoms with Crippen LogP contribution in [0.15, 0.2) is 35.7 Å². The predicted molar refractivity (Wildman–Crippen MR) is 125 cm³/mol. The van der Waals surface area contributed by atoms with Crippen LogP contribution in [-0.4, -0.2) is 57.8 Å². The average Bonchev–Trinajstić information content (AvgIpc) is 3.35. The van der Waals surface area contributed by atoms with Gasteiger partial charge in [-0.2, -0.15) is 0 Å². The van der Waals surface area contributed by atoms with Gasteiger partial charge in [-0.1, -0.05) is 0 Å². The van der Waals surface area contributed by atoms with E-state index in [4.69, 9.17) is 5.73 Å². The third-order valence-electron chi connectivity index (χ3n) is 7.34. The average molecular weight is 450 g/mol. The summed E-state index contributed by atoms with van der Waals surface area (Å²) in [5.74, 6) is -0.759. The van der Waals surface area contributed by atoms with Crippen molar-refractivity contribution in [2.45, 2.75) is 52.0 Å². The highest BCUT2D eigenvalue weighted by Crippen LogP contribution is 2.48. The molecule has 0 radical (unpaired) electrons. The zero-order valence-corrected chi connectivity index (χ0v) is 19.5. The second-order valence-corrected chi connectivity index (χ2v) is 10.7. The third kappa shape index (κ3) is 3.57. The molecule has 2 aliphatic heterocycles. The monoisotopic (exact) mass is 449 g/mol. The summed E-state index contributed by atoms with van der Waals surface area (Å²) in [6.07, 6.45) is 4.87. The van der Waals surface area contributed by atoms with Crippen LogP contribution in [-0.2, 0) is 4.79 Å². The number of Topliss-reactive ketones (excluding diaryl/α,β-unsaturated/α-hetero) is 1. The van der Waals surface area contributed by atoms with Crippen LogP contribution in [0, 0.1) is 5.41 Å². The first-order valence-electron chi connectivity index (χ1n) is 11.6. The molecule has 0 atom stereocenters. The quantitative estimate of drug-likeness (QED) is 0.653. The highest BCUT2D eigenvalue weighted by atomic mass is 16.2. The number of carbonyl (C=O) groups excluding carboxylic acids is 3. The molecule has 1 aliphatic carbocycles. The van der Waals surface area contributed by atoms with Crippen molar-refractivity contribution in [1.82, 2.24) is 20.3 Å². The molecule has 5 rings (SSSR count). The van der Waals surface area contributed by atoms with Crippen LogP contribution in [0.25, 0.3) is 10.9 Å². The number of ketones is 1. The van der Waals surface area contributed by atoms with Gasteiger partial charge in [-0.25, -0.2) is 10.0 Å². The van der Waals surface area contributed by atoms with Gasteiger partial charge in [0, 0.05) is 41.2 Å². The van der Waals surface area contributed by atoms with E-state index in [0.717, 1.165) is 43.4 Å². The molecule has 1 spiro atoms.